The number of carbonyl (C=O) groups is 2. The van der Waals surface area contributed by atoms with E-state index < -0.39 is 17.7 Å². The number of rotatable bonds is 6. The lowest BCUT2D eigenvalue weighted by molar-refractivity contribution is -0.139. The molecule has 0 saturated carbocycles. The van der Waals surface area contributed by atoms with Crippen molar-refractivity contribution in [2.24, 2.45) is 0 Å². The van der Waals surface area contributed by atoms with E-state index in [-0.39, 0.29) is 16.7 Å². The van der Waals surface area contributed by atoms with E-state index in [9.17, 15) is 14.7 Å². The van der Waals surface area contributed by atoms with Gasteiger partial charge in [0.2, 0.25) is 0 Å². The van der Waals surface area contributed by atoms with Crippen molar-refractivity contribution in [2.45, 2.75) is 38.6 Å². The van der Waals surface area contributed by atoms with Gasteiger partial charge in [-0.2, -0.15) is 0 Å². The smallest absolute Gasteiger partial charge is 0.295 e. The molecule has 2 heterocycles. The van der Waals surface area contributed by atoms with E-state index in [0.29, 0.717) is 18.5 Å². The summed E-state index contributed by atoms with van der Waals surface area (Å²) in [5.41, 5.74) is 4.44. The fourth-order valence-electron chi connectivity index (χ4n) is 5.12. The molecule has 1 aliphatic rings. The molecular formula is C32H31BrN2O4. The lowest BCUT2D eigenvalue weighted by atomic mass is 9.85. The van der Waals surface area contributed by atoms with E-state index in [4.69, 9.17) is 4.74 Å². The van der Waals surface area contributed by atoms with Gasteiger partial charge in [0.1, 0.15) is 11.5 Å². The number of hydrogen-bond donors (Lipinski definition) is 2. The van der Waals surface area contributed by atoms with Gasteiger partial charge in [0, 0.05) is 33.7 Å². The zero-order valence-corrected chi connectivity index (χ0v) is 24.0. The summed E-state index contributed by atoms with van der Waals surface area (Å²) < 4.78 is 6.25. The number of aromatic nitrogens is 1. The van der Waals surface area contributed by atoms with Crippen molar-refractivity contribution in [3.63, 3.8) is 0 Å². The predicted molar refractivity (Wildman–Crippen MR) is 157 cm³/mol. The first-order valence-electron chi connectivity index (χ1n) is 12.9. The van der Waals surface area contributed by atoms with E-state index in [0.717, 1.165) is 37.8 Å². The lowest BCUT2D eigenvalue weighted by Gasteiger charge is -2.26. The highest BCUT2D eigenvalue weighted by molar-refractivity contribution is 9.10. The van der Waals surface area contributed by atoms with Crippen molar-refractivity contribution >= 4 is 44.3 Å². The SMILES string of the molecule is COc1ccc2[nH]cc(CCN3C(=O)C(=O)/C(=C(\O)c4ccc(Br)cc4)C3c3ccc(C(C)(C)C)cc3)c2c1. The molecule has 1 amide bonds. The molecule has 1 aromatic heterocycles. The zero-order valence-electron chi connectivity index (χ0n) is 22.4. The number of likely N-dealkylation sites (tertiary alicyclic amines) is 1. The van der Waals surface area contributed by atoms with Crippen LogP contribution in [-0.2, 0) is 21.4 Å². The quantitative estimate of drug-likeness (QED) is 0.146. The molecule has 0 spiro atoms. The Kier molecular flexibility index (Phi) is 7.12. The van der Waals surface area contributed by atoms with Crippen molar-refractivity contribution in [1.29, 1.82) is 0 Å². The molecule has 5 rings (SSSR count). The summed E-state index contributed by atoms with van der Waals surface area (Å²) in [6.45, 7) is 6.71. The number of benzene rings is 3. The van der Waals surface area contributed by atoms with Gasteiger partial charge in [-0.25, -0.2) is 0 Å². The first kappa shape index (κ1) is 26.8. The largest absolute Gasteiger partial charge is 0.507 e. The number of nitrogens with zero attached hydrogens (tertiary/aromatic N) is 1. The molecular weight excluding hydrogens is 556 g/mol. The third-order valence-electron chi connectivity index (χ3n) is 7.35. The number of ether oxygens (including phenoxy) is 1. The molecule has 0 radical (unpaired) electrons. The van der Waals surface area contributed by atoms with Gasteiger partial charge in [-0.05, 0) is 58.9 Å². The predicted octanol–water partition coefficient (Wildman–Crippen LogP) is 6.90. The number of aromatic amines is 1. The molecule has 1 saturated heterocycles. The van der Waals surface area contributed by atoms with Crippen LogP contribution in [0.3, 0.4) is 0 Å². The molecule has 1 unspecified atom stereocenters. The van der Waals surface area contributed by atoms with Crippen molar-refractivity contribution in [1.82, 2.24) is 9.88 Å². The Morgan fingerprint density at radius 2 is 1.72 bits per heavy atom. The molecule has 6 nitrogen and oxygen atoms in total. The molecule has 3 aromatic carbocycles. The van der Waals surface area contributed by atoms with Crippen LogP contribution in [0, 0.1) is 0 Å². The summed E-state index contributed by atoms with van der Waals surface area (Å²) in [7, 11) is 1.63. The molecule has 7 heteroatoms. The fraction of sp³-hybridized carbons (Fsp3) is 0.250. The third-order valence-corrected chi connectivity index (χ3v) is 7.88. The van der Waals surface area contributed by atoms with Crippen LogP contribution in [-0.4, -0.2) is 40.3 Å². The Morgan fingerprint density at radius 3 is 2.36 bits per heavy atom. The number of Topliss-reactive ketones (excluding diaryl/α,β-unsaturated/α-hetero) is 1. The van der Waals surface area contributed by atoms with Crippen LogP contribution >= 0.6 is 15.9 Å². The molecule has 200 valence electrons. The maximum Gasteiger partial charge on any atom is 0.295 e. The van der Waals surface area contributed by atoms with Crippen LogP contribution < -0.4 is 4.74 Å². The maximum atomic E-state index is 13.4. The van der Waals surface area contributed by atoms with Gasteiger partial charge in [0.15, 0.2) is 0 Å². The fourth-order valence-corrected chi connectivity index (χ4v) is 5.38. The van der Waals surface area contributed by atoms with E-state index >= 15 is 0 Å². The zero-order chi connectivity index (χ0) is 27.9. The summed E-state index contributed by atoms with van der Waals surface area (Å²) in [5.74, 6) is -0.723. The van der Waals surface area contributed by atoms with Gasteiger partial charge >= 0.3 is 0 Å². The van der Waals surface area contributed by atoms with Crippen LogP contribution in [0.4, 0.5) is 0 Å². The minimum atomic E-state index is -0.706. The third kappa shape index (κ3) is 5.11. The second kappa shape index (κ2) is 10.4. The lowest BCUT2D eigenvalue weighted by Crippen LogP contribution is -2.31. The van der Waals surface area contributed by atoms with Crippen LogP contribution in [0.1, 0.15) is 49.1 Å². The molecule has 1 atom stereocenters. The molecule has 2 N–H and O–H groups in total. The number of nitrogens with one attached hydrogen (secondary N) is 1. The molecule has 0 aliphatic carbocycles. The standard InChI is InChI=1S/C32H31BrN2O4/c1-32(2,3)22-9-5-19(6-10-22)28-27(29(36)20-7-11-23(33)12-8-20)30(37)31(38)35(28)16-15-21-18-34-26-14-13-24(39-4)17-25(21)26/h5-14,17-18,28,34,36H,15-16H2,1-4H3/b29-27-. The summed E-state index contributed by atoms with van der Waals surface area (Å²) in [4.78, 5) is 31.7. The van der Waals surface area contributed by atoms with E-state index in [1.807, 2.05) is 48.7 Å². The van der Waals surface area contributed by atoms with Crippen LogP contribution in [0.2, 0.25) is 0 Å². The number of halogens is 1. The number of carbonyl (C=O) groups excluding carboxylic acids is 2. The first-order chi connectivity index (χ1) is 18.6. The van der Waals surface area contributed by atoms with Gasteiger partial charge in [-0.3, -0.25) is 9.59 Å². The van der Waals surface area contributed by atoms with Crippen molar-refractivity contribution < 1.29 is 19.4 Å². The van der Waals surface area contributed by atoms with Crippen molar-refractivity contribution in [3.8, 4) is 5.75 Å². The number of ketones is 1. The van der Waals surface area contributed by atoms with E-state index in [1.165, 1.54) is 0 Å². The summed E-state index contributed by atoms with van der Waals surface area (Å²) >= 11 is 3.41. The van der Waals surface area contributed by atoms with Crippen molar-refractivity contribution in [2.75, 3.05) is 13.7 Å². The van der Waals surface area contributed by atoms with Gasteiger partial charge in [0.25, 0.3) is 11.7 Å². The minimum Gasteiger partial charge on any atom is -0.507 e. The number of amides is 1. The van der Waals surface area contributed by atoms with Gasteiger partial charge in [-0.15, -0.1) is 0 Å². The summed E-state index contributed by atoms with van der Waals surface area (Å²) in [5, 5.41) is 12.3. The number of fused-ring (bicyclic) bond motifs is 1. The first-order valence-corrected chi connectivity index (χ1v) is 13.7. The van der Waals surface area contributed by atoms with Crippen LogP contribution in [0.5, 0.6) is 5.75 Å². The van der Waals surface area contributed by atoms with E-state index in [2.05, 4.69) is 41.7 Å². The molecule has 4 aromatic rings. The van der Waals surface area contributed by atoms with Crippen molar-refractivity contribution in [3.05, 3.63) is 105 Å². The minimum absolute atomic E-state index is 0.0475. The highest BCUT2D eigenvalue weighted by atomic mass is 79.9. The molecule has 39 heavy (non-hydrogen) atoms. The second-order valence-corrected chi connectivity index (χ2v) is 11.8. The Bertz CT molecular complexity index is 1580. The van der Waals surface area contributed by atoms with Gasteiger partial charge in [-0.1, -0.05) is 73.1 Å². The molecule has 1 aliphatic heterocycles. The highest BCUT2D eigenvalue weighted by Gasteiger charge is 2.46. The van der Waals surface area contributed by atoms with Crippen LogP contribution in [0.15, 0.2) is 83.0 Å². The summed E-state index contributed by atoms with van der Waals surface area (Å²) in [6, 6.07) is 20.1. The molecule has 1 fully saturated rings. The Morgan fingerprint density at radius 1 is 1.03 bits per heavy atom. The Labute approximate surface area is 236 Å². The Balaban J connectivity index is 1.56. The van der Waals surface area contributed by atoms with Gasteiger partial charge < -0.3 is 19.7 Å². The number of aliphatic hydroxyl groups is 1. The number of H-pyrrole nitrogens is 1. The van der Waals surface area contributed by atoms with Crippen LogP contribution in [0.25, 0.3) is 16.7 Å². The van der Waals surface area contributed by atoms with Gasteiger partial charge in [0.05, 0.1) is 18.7 Å². The Hall–Kier alpha value is -3.84. The monoisotopic (exact) mass is 586 g/mol. The second-order valence-electron chi connectivity index (χ2n) is 10.8. The number of aliphatic hydroxyl groups excluding tert-OH is 1. The number of methoxy groups -OCH3 is 1. The number of hydrogen-bond acceptors (Lipinski definition) is 4. The topological polar surface area (TPSA) is 82.6 Å². The summed E-state index contributed by atoms with van der Waals surface area (Å²) in [6.07, 6.45) is 2.45. The maximum absolute atomic E-state index is 13.4. The average molecular weight is 588 g/mol. The molecule has 0 bridgehead atoms. The van der Waals surface area contributed by atoms with E-state index in [1.54, 1.807) is 36.3 Å². The normalized spacial score (nSPS) is 17.3. The highest BCUT2D eigenvalue weighted by Crippen LogP contribution is 2.40. The average Bonchev–Trinajstić information content (AvgIpc) is 3.44.